The van der Waals surface area contributed by atoms with E-state index in [2.05, 4.69) is 0 Å². The Bertz CT molecular complexity index is 507. The van der Waals surface area contributed by atoms with Gasteiger partial charge in [0.25, 0.3) is 0 Å². The summed E-state index contributed by atoms with van der Waals surface area (Å²) < 4.78 is 82.7. The second kappa shape index (κ2) is 4.59. The quantitative estimate of drug-likeness (QED) is 0.627. The van der Waals surface area contributed by atoms with Crippen LogP contribution in [0.1, 0.15) is 11.1 Å². The molecule has 0 saturated carbocycles. The molecule has 0 aliphatic rings. The van der Waals surface area contributed by atoms with Crippen molar-refractivity contribution in [1.29, 1.82) is 0 Å². The molecule has 1 aromatic rings. The predicted molar refractivity (Wildman–Crippen MR) is 50.0 cm³/mol. The van der Waals surface area contributed by atoms with Crippen molar-refractivity contribution in [1.82, 2.24) is 0 Å². The molecule has 1 rings (SSSR count). The lowest BCUT2D eigenvalue weighted by atomic mass is 10.1. The highest BCUT2D eigenvalue weighted by atomic mass is 32.3. The van der Waals surface area contributed by atoms with Gasteiger partial charge in [0.15, 0.2) is 0 Å². The van der Waals surface area contributed by atoms with Gasteiger partial charge in [-0.15, -0.1) is 3.89 Å². The van der Waals surface area contributed by atoms with Crippen molar-refractivity contribution in [2.45, 2.75) is 12.6 Å². The average Bonchev–Trinajstić information content (AvgIpc) is 2.13. The molecule has 0 amide bonds. The van der Waals surface area contributed by atoms with Crippen LogP contribution >= 0.6 is 0 Å². The number of hydrogen-bond acceptors (Lipinski definition) is 2. The van der Waals surface area contributed by atoms with Crippen LogP contribution < -0.4 is 0 Å². The van der Waals surface area contributed by atoms with Crippen molar-refractivity contribution in [2.24, 2.45) is 0 Å². The van der Waals surface area contributed by atoms with Crippen LogP contribution in [0, 0.1) is 5.82 Å². The standard InChI is InChI=1S/C9H7F5O2S/c10-8-6(4-5-17(14,15)16)2-1-3-7(8)9(11,12)13/h1-3H,4-5H2. The first-order valence-electron chi connectivity index (χ1n) is 4.38. The normalized spacial score (nSPS) is 12.8. The van der Waals surface area contributed by atoms with Gasteiger partial charge in [0.2, 0.25) is 0 Å². The summed E-state index contributed by atoms with van der Waals surface area (Å²) in [4.78, 5) is 0. The summed E-state index contributed by atoms with van der Waals surface area (Å²) in [5.41, 5.74) is -1.98. The molecule has 96 valence electrons. The summed E-state index contributed by atoms with van der Waals surface area (Å²) in [5.74, 6) is -2.62. The molecule has 1 aromatic carbocycles. The first-order chi connectivity index (χ1) is 7.61. The molecule has 0 unspecified atom stereocenters. The predicted octanol–water partition coefficient (Wildman–Crippen LogP) is 2.69. The van der Waals surface area contributed by atoms with Crippen LogP contribution in [0.15, 0.2) is 18.2 Å². The van der Waals surface area contributed by atoms with Gasteiger partial charge in [0.05, 0.1) is 11.3 Å². The lowest BCUT2D eigenvalue weighted by Crippen LogP contribution is -2.11. The minimum Gasteiger partial charge on any atom is -0.206 e. The minimum absolute atomic E-state index is 0.485. The van der Waals surface area contributed by atoms with E-state index >= 15 is 0 Å². The lowest BCUT2D eigenvalue weighted by molar-refractivity contribution is -0.140. The zero-order chi connectivity index (χ0) is 13.3. The lowest BCUT2D eigenvalue weighted by Gasteiger charge is -2.10. The van der Waals surface area contributed by atoms with E-state index in [1.54, 1.807) is 0 Å². The van der Waals surface area contributed by atoms with Crippen LogP contribution in [-0.4, -0.2) is 14.2 Å². The third-order valence-electron chi connectivity index (χ3n) is 2.00. The van der Waals surface area contributed by atoms with Gasteiger partial charge >= 0.3 is 16.4 Å². The van der Waals surface area contributed by atoms with Crippen LogP contribution in [0.2, 0.25) is 0 Å². The summed E-state index contributed by atoms with van der Waals surface area (Å²) in [5, 5.41) is 0. The van der Waals surface area contributed by atoms with Crippen molar-refractivity contribution in [3.63, 3.8) is 0 Å². The molecule has 0 heterocycles. The maximum Gasteiger partial charge on any atom is 0.419 e. The van der Waals surface area contributed by atoms with E-state index in [0.717, 1.165) is 12.1 Å². The van der Waals surface area contributed by atoms with Crippen LogP contribution in [0.5, 0.6) is 0 Å². The highest BCUT2D eigenvalue weighted by Crippen LogP contribution is 2.32. The molecule has 17 heavy (non-hydrogen) atoms. The molecule has 0 fully saturated rings. The van der Waals surface area contributed by atoms with E-state index < -0.39 is 45.5 Å². The second-order valence-electron chi connectivity index (χ2n) is 3.27. The number of hydrogen-bond donors (Lipinski definition) is 0. The first-order valence-corrected chi connectivity index (χ1v) is 5.93. The fraction of sp³-hybridized carbons (Fsp3) is 0.333. The molecule has 0 aliphatic carbocycles. The Kier molecular flexibility index (Phi) is 3.75. The first kappa shape index (κ1) is 13.9. The number of rotatable bonds is 3. The fourth-order valence-electron chi connectivity index (χ4n) is 1.22. The maximum atomic E-state index is 13.3. The number of aryl methyl sites for hydroxylation is 1. The SMILES string of the molecule is O=S(=O)(F)CCc1cccc(C(F)(F)F)c1F. The van der Waals surface area contributed by atoms with Crippen molar-refractivity contribution >= 4 is 10.2 Å². The van der Waals surface area contributed by atoms with Gasteiger partial charge in [-0.1, -0.05) is 12.1 Å². The average molecular weight is 274 g/mol. The van der Waals surface area contributed by atoms with Crippen LogP contribution in [0.3, 0.4) is 0 Å². The Balaban J connectivity index is 3.04. The molecule has 0 radical (unpaired) electrons. The Hall–Kier alpha value is -1.18. The zero-order valence-electron chi connectivity index (χ0n) is 8.26. The minimum atomic E-state index is -4.87. The Morgan fingerprint density at radius 2 is 1.76 bits per heavy atom. The highest BCUT2D eigenvalue weighted by molar-refractivity contribution is 7.86. The zero-order valence-corrected chi connectivity index (χ0v) is 9.08. The van der Waals surface area contributed by atoms with Gasteiger partial charge in [-0.2, -0.15) is 21.6 Å². The Labute approximate surface area is 94.3 Å². The van der Waals surface area contributed by atoms with Crippen molar-refractivity contribution in [3.05, 3.63) is 35.1 Å². The summed E-state index contributed by atoms with van der Waals surface area (Å²) in [6.07, 6.45) is -5.51. The number of alkyl halides is 3. The van der Waals surface area contributed by atoms with Crippen molar-refractivity contribution < 1.29 is 29.9 Å². The van der Waals surface area contributed by atoms with E-state index in [0.29, 0.717) is 6.07 Å². The molecular weight excluding hydrogens is 267 g/mol. The molecule has 8 heteroatoms. The highest BCUT2D eigenvalue weighted by Gasteiger charge is 2.34. The van der Waals surface area contributed by atoms with E-state index in [1.807, 2.05) is 0 Å². The number of halogens is 5. The van der Waals surface area contributed by atoms with E-state index in [1.165, 1.54) is 0 Å². The number of benzene rings is 1. The third kappa shape index (κ3) is 3.95. The van der Waals surface area contributed by atoms with E-state index in [9.17, 15) is 29.9 Å². The molecule has 0 atom stereocenters. The van der Waals surface area contributed by atoms with Crippen LogP contribution in [0.25, 0.3) is 0 Å². The van der Waals surface area contributed by atoms with Crippen LogP contribution in [0.4, 0.5) is 21.4 Å². The van der Waals surface area contributed by atoms with Gasteiger partial charge < -0.3 is 0 Å². The third-order valence-corrected chi connectivity index (χ3v) is 2.69. The second-order valence-corrected chi connectivity index (χ2v) is 4.76. The van der Waals surface area contributed by atoms with Crippen molar-refractivity contribution in [2.75, 3.05) is 5.75 Å². The monoisotopic (exact) mass is 274 g/mol. The molecule has 0 N–H and O–H groups in total. The van der Waals surface area contributed by atoms with Gasteiger partial charge in [-0.05, 0) is 18.1 Å². The molecule has 0 bridgehead atoms. The van der Waals surface area contributed by atoms with Crippen LogP contribution in [-0.2, 0) is 22.8 Å². The van der Waals surface area contributed by atoms with Crippen molar-refractivity contribution in [3.8, 4) is 0 Å². The Morgan fingerprint density at radius 3 is 2.24 bits per heavy atom. The molecule has 0 saturated heterocycles. The Morgan fingerprint density at radius 1 is 1.18 bits per heavy atom. The largest absolute Gasteiger partial charge is 0.419 e. The molecule has 2 nitrogen and oxygen atoms in total. The maximum absolute atomic E-state index is 13.3. The molecule has 0 aromatic heterocycles. The molecule has 0 aliphatic heterocycles. The van der Waals surface area contributed by atoms with Gasteiger partial charge in [-0.25, -0.2) is 4.39 Å². The van der Waals surface area contributed by atoms with E-state index in [-0.39, 0.29) is 0 Å². The summed E-state index contributed by atoms with van der Waals surface area (Å²) in [7, 11) is -4.84. The smallest absolute Gasteiger partial charge is 0.206 e. The summed E-state index contributed by atoms with van der Waals surface area (Å²) >= 11 is 0. The molecular formula is C9H7F5O2S. The summed E-state index contributed by atoms with van der Waals surface area (Å²) in [6.45, 7) is 0. The topological polar surface area (TPSA) is 34.1 Å². The molecule has 0 spiro atoms. The van der Waals surface area contributed by atoms with Gasteiger partial charge in [-0.3, -0.25) is 0 Å². The van der Waals surface area contributed by atoms with Gasteiger partial charge in [0.1, 0.15) is 5.82 Å². The van der Waals surface area contributed by atoms with E-state index in [4.69, 9.17) is 0 Å². The van der Waals surface area contributed by atoms with Gasteiger partial charge in [0, 0.05) is 0 Å². The summed E-state index contributed by atoms with van der Waals surface area (Å²) in [6, 6.07) is 2.45. The fourth-order valence-corrected chi connectivity index (χ4v) is 1.69.